The number of rotatable bonds is 5. The van der Waals surface area contributed by atoms with Gasteiger partial charge in [-0.1, -0.05) is 39.7 Å². The monoisotopic (exact) mass is 252 g/mol. The fourth-order valence-corrected chi connectivity index (χ4v) is 2.54. The van der Waals surface area contributed by atoms with E-state index in [9.17, 15) is 0 Å². The summed E-state index contributed by atoms with van der Waals surface area (Å²) in [6, 6.07) is 1.00. The van der Waals surface area contributed by atoms with Crippen molar-refractivity contribution in [3.05, 3.63) is 5.89 Å². The molecule has 1 fully saturated rings. The van der Waals surface area contributed by atoms with E-state index in [-0.39, 0.29) is 16.9 Å². The van der Waals surface area contributed by atoms with Crippen LogP contribution in [0, 0.1) is 10.8 Å². The van der Waals surface area contributed by atoms with E-state index in [4.69, 9.17) is 4.42 Å². The van der Waals surface area contributed by atoms with E-state index in [1.54, 1.807) is 0 Å². The Morgan fingerprint density at radius 2 is 1.83 bits per heavy atom. The van der Waals surface area contributed by atoms with Gasteiger partial charge < -0.3 is 15.1 Å². The zero-order valence-electron chi connectivity index (χ0n) is 12.2. The van der Waals surface area contributed by atoms with E-state index >= 15 is 0 Å². The van der Waals surface area contributed by atoms with Crippen molar-refractivity contribution < 1.29 is 4.42 Å². The maximum atomic E-state index is 5.64. The highest BCUT2D eigenvalue weighted by molar-refractivity contribution is 5.33. The van der Waals surface area contributed by atoms with Crippen LogP contribution in [0.15, 0.2) is 4.42 Å². The van der Waals surface area contributed by atoms with Crippen LogP contribution in [0.2, 0.25) is 0 Å². The van der Waals surface area contributed by atoms with Crippen molar-refractivity contribution in [3.63, 3.8) is 0 Å². The molecular weight excluding hydrogens is 228 g/mol. The minimum Gasteiger partial charge on any atom is -0.406 e. The topological polar surface area (TPSA) is 63.0 Å². The molecule has 0 aromatic carbocycles. The lowest BCUT2D eigenvalue weighted by molar-refractivity contribution is 0.427. The Bertz CT molecular complexity index is 410. The van der Waals surface area contributed by atoms with Crippen LogP contribution < -0.4 is 10.6 Å². The van der Waals surface area contributed by atoms with E-state index in [2.05, 4.69) is 55.4 Å². The highest BCUT2D eigenvalue weighted by Crippen LogP contribution is 2.63. The third-order valence-electron chi connectivity index (χ3n) is 4.61. The first-order valence-corrected chi connectivity index (χ1v) is 6.64. The van der Waals surface area contributed by atoms with Crippen LogP contribution in [0.1, 0.15) is 53.5 Å². The number of aromatic nitrogens is 2. The van der Waals surface area contributed by atoms with Gasteiger partial charge in [-0.3, -0.25) is 0 Å². The van der Waals surface area contributed by atoms with E-state index in [1.807, 2.05) is 6.92 Å². The van der Waals surface area contributed by atoms with Crippen molar-refractivity contribution in [2.24, 2.45) is 10.8 Å². The van der Waals surface area contributed by atoms with Crippen LogP contribution in [0.3, 0.4) is 0 Å². The third kappa shape index (κ3) is 2.00. The average molecular weight is 252 g/mol. The minimum absolute atomic E-state index is 0.0956. The van der Waals surface area contributed by atoms with Gasteiger partial charge >= 0.3 is 6.01 Å². The molecule has 2 rings (SSSR count). The molecule has 0 saturated heterocycles. The maximum Gasteiger partial charge on any atom is 0.315 e. The zero-order valence-corrected chi connectivity index (χ0v) is 12.2. The summed E-state index contributed by atoms with van der Waals surface area (Å²) in [6.45, 7) is 14.0. The SMILES string of the molecule is CCNC(C)c1nnc(NC2C(C)(C)C2(C)C)o1. The number of anilines is 1. The van der Waals surface area contributed by atoms with Gasteiger partial charge in [-0.25, -0.2) is 0 Å². The molecule has 0 spiro atoms. The van der Waals surface area contributed by atoms with Gasteiger partial charge in [0.05, 0.1) is 6.04 Å². The molecule has 1 saturated carbocycles. The van der Waals surface area contributed by atoms with Crippen LogP contribution in [-0.2, 0) is 0 Å². The Kier molecular flexibility index (Phi) is 3.13. The molecule has 1 atom stereocenters. The van der Waals surface area contributed by atoms with Crippen LogP contribution in [0.5, 0.6) is 0 Å². The number of hydrogen-bond donors (Lipinski definition) is 2. The highest BCUT2D eigenvalue weighted by atomic mass is 16.4. The zero-order chi connectivity index (χ0) is 13.6. The lowest BCUT2D eigenvalue weighted by atomic mass is 10.0. The molecule has 5 heteroatoms. The second-order valence-corrected chi connectivity index (χ2v) is 6.25. The third-order valence-corrected chi connectivity index (χ3v) is 4.61. The predicted molar refractivity (Wildman–Crippen MR) is 71.4 cm³/mol. The van der Waals surface area contributed by atoms with Crippen LogP contribution in [0.25, 0.3) is 0 Å². The molecule has 1 aliphatic rings. The second-order valence-electron chi connectivity index (χ2n) is 6.25. The van der Waals surface area contributed by atoms with Gasteiger partial charge in [-0.15, -0.1) is 5.10 Å². The van der Waals surface area contributed by atoms with Gasteiger partial charge in [0.2, 0.25) is 5.89 Å². The van der Waals surface area contributed by atoms with Crippen molar-refractivity contribution in [1.29, 1.82) is 0 Å². The number of nitrogens with one attached hydrogen (secondary N) is 2. The molecule has 1 aliphatic carbocycles. The second kappa shape index (κ2) is 4.23. The Labute approximate surface area is 109 Å². The Hall–Kier alpha value is -1.10. The van der Waals surface area contributed by atoms with E-state index < -0.39 is 0 Å². The van der Waals surface area contributed by atoms with Gasteiger partial charge in [-0.2, -0.15) is 0 Å². The normalized spacial score (nSPS) is 22.8. The number of nitrogens with zero attached hydrogens (tertiary/aromatic N) is 2. The standard InChI is InChI=1S/C13H24N4O/c1-7-14-8(2)9-16-17-11(18-9)15-10-12(3,4)13(10,5)6/h8,10,14H,7H2,1-6H3,(H,15,17). The molecule has 0 amide bonds. The van der Waals surface area contributed by atoms with Gasteiger partial charge in [0, 0.05) is 6.04 Å². The van der Waals surface area contributed by atoms with Gasteiger partial charge in [0.1, 0.15) is 0 Å². The molecule has 1 heterocycles. The Morgan fingerprint density at radius 3 is 2.33 bits per heavy atom. The summed E-state index contributed by atoms with van der Waals surface area (Å²) in [7, 11) is 0. The fraction of sp³-hybridized carbons (Fsp3) is 0.846. The molecule has 1 unspecified atom stereocenters. The predicted octanol–water partition coefficient (Wildman–Crippen LogP) is 2.59. The van der Waals surface area contributed by atoms with Crippen molar-refractivity contribution in [3.8, 4) is 0 Å². The minimum atomic E-state index is 0.0956. The average Bonchev–Trinajstić information content (AvgIpc) is 2.69. The molecular formula is C13H24N4O. The van der Waals surface area contributed by atoms with E-state index in [1.165, 1.54) is 0 Å². The van der Waals surface area contributed by atoms with Crippen molar-refractivity contribution in [1.82, 2.24) is 15.5 Å². The van der Waals surface area contributed by atoms with Gasteiger partial charge in [0.15, 0.2) is 0 Å². The number of hydrogen-bond acceptors (Lipinski definition) is 5. The molecule has 1 aromatic rings. The summed E-state index contributed by atoms with van der Waals surface area (Å²) >= 11 is 0. The molecule has 0 aliphatic heterocycles. The van der Waals surface area contributed by atoms with Crippen molar-refractivity contribution in [2.45, 2.75) is 53.6 Å². The quantitative estimate of drug-likeness (QED) is 0.843. The first kappa shape index (κ1) is 13.3. The molecule has 102 valence electrons. The first-order valence-electron chi connectivity index (χ1n) is 6.64. The first-order chi connectivity index (χ1) is 8.30. The molecule has 18 heavy (non-hydrogen) atoms. The maximum absolute atomic E-state index is 5.64. The molecule has 0 radical (unpaired) electrons. The van der Waals surface area contributed by atoms with Crippen LogP contribution in [0.4, 0.5) is 6.01 Å². The van der Waals surface area contributed by atoms with Crippen molar-refractivity contribution >= 4 is 6.01 Å². The van der Waals surface area contributed by atoms with Gasteiger partial charge in [-0.05, 0) is 24.3 Å². The molecule has 1 aromatic heterocycles. The molecule has 2 N–H and O–H groups in total. The van der Waals surface area contributed by atoms with Crippen LogP contribution in [-0.4, -0.2) is 22.8 Å². The summed E-state index contributed by atoms with van der Waals surface area (Å²) in [6.07, 6.45) is 0. The molecule has 5 nitrogen and oxygen atoms in total. The fourth-order valence-electron chi connectivity index (χ4n) is 2.54. The summed E-state index contributed by atoms with van der Waals surface area (Å²) in [5, 5.41) is 14.7. The summed E-state index contributed by atoms with van der Waals surface area (Å²) in [5.74, 6) is 0.635. The summed E-state index contributed by atoms with van der Waals surface area (Å²) in [5.41, 5.74) is 0.518. The van der Waals surface area contributed by atoms with Gasteiger partial charge in [0.25, 0.3) is 0 Å². The van der Waals surface area contributed by atoms with E-state index in [0.29, 0.717) is 17.9 Å². The lowest BCUT2D eigenvalue weighted by Crippen LogP contribution is -2.17. The Balaban J connectivity index is 2.00. The molecule has 0 bridgehead atoms. The van der Waals surface area contributed by atoms with E-state index in [0.717, 1.165) is 6.54 Å². The summed E-state index contributed by atoms with van der Waals surface area (Å²) in [4.78, 5) is 0. The Morgan fingerprint density at radius 1 is 1.22 bits per heavy atom. The lowest BCUT2D eigenvalue weighted by Gasteiger charge is -2.06. The van der Waals surface area contributed by atoms with Crippen molar-refractivity contribution in [2.75, 3.05) is 11.9 Å². The van der Waals surface area contributed by atoms with Crippen LogP contribution >= 0.6 is 0 Å². The highest BCUT2D eigenvalue weighted by Gasteiger charge is 2.65. The smallest absolute Gasteiger partial charge is 0.315 e. The summed E-state index contributed by atoms with van der Waals surface area (Å²) < 4.78 is 5.64. The largest absolute Gasteiger partial charge is 0.406 e.